The van der Waals surface area contributed by atoms with E-state index in [-0.39, 0.29) is 18.3 Å². The standard InChI is InChI=1S/C15H23ClN2OS.ClH/c1-2-20-14-9-8-12(16)11-13(14)18-15(19)7-5-3-4-6-10-17;/h8-9,11H,2-7,10,17H2,1H3,(H,18,19);1H. The predicted octanol–water partition coefficient (Wildman–Crippen LogP) is 4.72. The molecule has 6 heteroatoms. The van der Waals surface area contributed by atoms with Crippen molar-refractivity contribution in [1.29, 1.82) is 0 Å². The van der Waals surface area contributed by atoms with Crippen molar-refractivity contribution in [2.45, 2.75) is 43.9 Å². The summed E-state index contributed by atoms with van der Waals surface area (Å²) in [6, 6.07) is 5.61. The van der Waals surface area contributed by atoms with Crippen molar-refractivity contribution in [2.75, 3.05) is 17.6 Å². The minimum atomic E-state index is 0. The quantitative estimate of drug-likeness (QED) is 0.500. The van der Waals surface area contributed by atoms with Gasteiger partial charge in [0.25, 0.3) is 0 Å². The van der Waals surface area contributed by atoms with Gasteiger partial charge in [-0.15, -0.1) is 24.2 Å². The summed E-state index contributed by atoms with van der Waals surface area (Å²) >= 11 is 7.69. The molecule has 0 bridgehead atoms. The summed E-state index contributed by atoms with van der Waals surface area (Å²) in [4.78, 5) is 13.0. The first kappa shape index (κ1) is 20.6. The lowest BCUT2D eigenvalue weighted by atomic mass is 10.1. The third kappa shape index (κ3) is 8.57. The molecule has 0 atom stereocenters. The number of benzene rings is 1. The molecule has 0 aliphatic carbocycles. The van der Waals surface area contributed by atoms with Gasteiger partial charge in [-0.05, 0) is 43.3 Å². The average molecular weight is 351 g/mol. The molecule has 0 aromatic heterocycles. The van der Waals surface area contributed by atoms with Crippen LogP contribution in [0.1, 0.15) is 39.0 Å². The number of halogens is 2. The van der Waals surface area contributed by atoms with Crippen LogP contribution in [0.4, 0.5) is 5.69 Å². The first-order chi connectivity index (χ1) is 9.67. The van der Waals surface area contributed by atoms with Crippen LogP contribution in [0.5, 0.6) is 0 Å². The van der Waals surface area contributed by atoms with Crippen molar-refractivity contribution in [2.24, 2.45) is 5.73 Å². The van der Waals surface area contributed by atoms with Crippen LogP contribution in [-0.4, -0.2) is 18.2 Å². The summed E-state index contributed by atoms with van der Waals surface area (Å²) in [6.07, 6.45) is 4.64. The van der Waals surface area contributed by atoms with E-state index in [2.05, 4.69) is 12.2 Å². The van der Waals surface area contributed by atoms with Crippen LogP contribution >= 0.6 is 35.8 Å². The number of carbonyl (C=O) groups is 1. The molecule has 0 spiro atoms. The summed E-state index contributed by atoms with van der Waals surface area (Å²) in [5, 5.41) is 3.60. The van der Waals surface area contributed by atoms with Crippen molar-refractivity contribution >= 4 is 47.4 Å². The first-order valence-corrected chi connectivity index (χ1v) is 8.46. The van der Waals surface area contributed by atoms with Crippen LogP contribution < -0.4 is 11.1 Å². The maximum absolute atomic E-state index is 11.9. The van der Waals surface area contributed by atoms with Crippen LogP contribution in [0.2, 0.25) is 5.02 Å². The zero-order valence-electron chi connectivity index (χ0n) is 12.4. The van der Waals surface area contributed by atoms with Crippen LogP contribution in [0.3, 0.4) is 0 Å². The van der Waals surface area contributed by atoms with Gasteiger partial charge in [0.2, 0.25) is 5.91 Å². The van der Waals surface area contributed by atoms with Gasteiger partial charge in [-0.3, -0.25) is 4.79 Å². The number of rotatable bonds is 9. The Labute approximate surface area is 142 Å². The summed E-state index contributed by atoms with van der Waals surface area (Å²) in [6.45, 7) is 2.81. The fourth-order valence-corrected chi connectivity index (χ4v) is 2.79. The number of hydrogen-bond donors (Lipinski definition) is 2. The normalized spacial score (nSPS) is 10.0. The molecule has 0 radical (unpaired) electrons. The Morgan fingerprint density at radius 2 is 2.00 bits per heavy atom. The molecule has 21 heavy (non-hydrogen) atoms. The molecule has 0 aliphatic heterocycles. The fourth-order valence-electron chi connectivity index (χ4n) is 1.88. The largest absolute Gasteiger partial charge is 0.330 e. The van der Waals surface area contributed by atoms with Gasteiger partial charge in [-0.25, -0.2) is 0 Å². The number of nitrogens with two attached hydrogens (primary N) is 1. The van der Waals surface area contributed by atoms with Crippen molar-refractivity contribution in [3.63, 3.8) is 0 Å². The van der Waals surface area contributed by atoms with Crippen molar-refractivity contribution in [1.82, 2.24) is 0 Å². The minimum Gasteiger partial charge on any atom is -0.330 e. The van der Waals surface area contributed by atoms with Gasteiger partial charge in [0, 0.05) is 16.3 Å². The molecule has 0 unspecified atom stereocenters. The van der Waals surface area contributed by atoms with Gasteiger partial charge in [-0.2, -0.15) is 0 Å². The van der Waals surface area contributed by atoms with Gasteiger partial charge < -0.3 is 11.1 Å². The van der Waals surface area contributed by atoms with E-state index in [0.717, 1.165) is 48.6 Å². The third-order valence-electron chi connectivity index (χ3n) is 2.87. The lowest BCUT2D eigenvalue weighted by molar-refractivity contribution is -0.116. The molecule has 0 saturated carbocycles. The van der Waals surface area contributed by atoms with Crippen LogP contribution in [0.15, 0.2) is 23.1 Å². The smallest absolute Gasteiger partial charge is 0.224 e. The fraction of sp³-hybridized carbons (Fsp3) is 0.533. The Morgan fingerprint density at radius 3 is 2.67 bits per heavy atom. The Balaban J connectivity index is 0.00000400. The molecular weight excluding hydrogens is 327 g/mol. The van der Waals surface area contributed by atoms with Crippen LogP contribution in [0, 0.1) is 0 Å². The summed E-state index contributed by atoms with van der Waals surface area (Å²) < 4.78 is 0. The molecule has 1 amide bonds. The molecule has 0 heterocycles. The monoisotopic (exact) mass is 350 g/mol. The van der Waals surface area contributed by atoms with E-state index in [4.69, 9.17) is 17.3 Å². The number of thioether (sulfide) groups is 1. The topological polar surface area (TPSA) is 55.1 Å². The molecule has 1 rings (SSSR count). The number of unbranched alkanes of at least 4 members (excludes halogenated alkanes) is 3. The van der Waals surface area contributed by atoms with Crippen LogP contribution in [0.25, 0.3) is 0 Å². The van der Waals surface area contributed by atoms with E-state index in [9.17, 15) is 4.79 Å². The van der Waals surface area contributed by atoms with E-state index < -0.39 is 0 Å². The number of amides is 1. The summed E-state index contributed by atoms with van der Waals surface area (Å²) in [5.41, 5.74) is 6.25. The Bertz CT molecular complexity index is 430. The van der Waals surface area contributed by atoms with Gasteiger partial charge in [-0.1, -0.05) is 31.4 Å². The highest BCUT2D eigenvalue weighted by molar-refractivity contribution is 7.99. The van der Waals surface area contributed by atoms with E-state index >= 15 is 0 Å². The van der Waals surface area contributed by atoms with E-state index in [0.29, 0.717) is 11.4 Å². The number of nitrogens with one attached hydrogen (secondary N) is 1. The summed E-state index contributed by atoms with van der Waals surface area (Å²) in [7, 11) is 0. The Morgan fingerprint density at radius 1 is 1.29 bits per heavy atom. The molecule has 1 aromatic rings. The van der Waals surface area contributed by atoms with E-state index in [1.165, 1.54) is 0 Å². The molecule has 3 N–H and O–H groups in total. The maximum Gasteiger partial charge on any atom is 0.224 e. The lowest BCUT2D eigenvalue weighted by Crippen LogP contribution is -2.12. The second-order valence-corrected chi connectivity index (χ2v) is 6.32. The Kier molecular flexibility index (Phi) is 11.9. The number of anilines is 1. The molecule has 0 fully saturated rings. The van der Waals surface area contributed by atoms with E-state index in [1.54, 1.807) is 11.8 Å². The van der Waals surface area contributed by atoms with Crippen LogP contribution in [-0.2, 0) is 4.79 Å². The molecule has 0 saturated heterocycles. The summed E-state index contributed by atoms with van der Waals surface area (Å²) in [5.74, 6) is 1.02. The van der Waals surface area contributed by atoms with Crippen molar-refractivity contribution in [3.05, 3.63) is 23.2 Å². The molecule has 0 aliphatic rings. The highest BCUT2D eigenvalue weighted by Crippen LogP contribution is 2.30. The number of hydrogen-bond acceptors (Lipinski definition) is 3. The average Bonchev–Trinajstić information content (AvgIpc) is 2.42. The zero-order chi connectivity index (χ0) is 14.8. The SMILES string of the molecule is CCSc1ccc(Cl)cc1NC(=O)CCCCCCN.Cl. The minimum absolute atomic E-state index is 0. The second kappa shape index (κ2) is 12.2. The van der Waals surface area contributed by atoms with Gasteiger partial charge in [0.15, 0.2) is 0 Å². The maximum atomic E-state index is 11.9. The zero-order valence-corrected chi connectivity index (χ0v) is 14.8. The van der Waals surface area contributed by atoms with E-state index in [1.807, 2.05) is 18.2 Å². The highest BCUT2D eigenvalue weighted by Gasteiger charge is 2.07. The predicted molar refractivity (Wildman–Crippen MR) is 95.9 cm³/mol. The van der Waals surface area contributed by atoms with Gasteiger partial charge in [0.1, 0.15) is 0 Å². The first-order valence-electron chi connectivity index (χ1n) is 7.09. The van der Waals surface area contributed by atoms with Gasteiger partial charge >= 0.3 is 0 Å². The molecule has 3 nitrogen and oxygen atoms in total. The molecule has 120 valence electrons. The van der Waals surface area contributed by atoms with Crippen molar-refractivity contribution in [3.8, 4) is 0 Å². The number of carbonyl (C=O) groups excluding carboxylic acids is 1. The second-order valence-electron chi connectivity index (χ2n) is 4.57. The van der Waals surface area contributed by atoms with Gasteiger partial charge in [0.05, 0.1) is 5.69 Å². The van der Waals surface area contributed by atoms with Crippen molar-refractivity contribution < 1.29 is 4.79 Å². The highest BCUT2D eigenvalue weighted by atomic mass is 35.5. The molecular formula is C15H24Cl2N2OS. The molecule has 1 aromatic carbocycles. The lowest BCUT2D eigenvalue weighted by Gasteiger charge is -2.10. The third-order valence-corrected chi connectivity index (χ3v) is 4.06. The Hall–Kier alpha value is -0.420.